The maximum absolute atomic E-state index is 13.8. The van der Waals surface area contributed by atoms with Gasteiger partial charge in [-0.05, 0) is 71.3 Å². The summed E-state index contributed by atoms with van der Waals surface area (Å²) in [4.78, 5) is 41.6. The van der Waals surface area contributed by atoms with Gasteiger partial charge in [0.1, 0.15) is 6.04 Å². The van der Waals surface area contributed by atoms with Crippen molar-refractivity contribution >= 4 is 27.6 Å². The highest BCUT2D eigenvalue weighted by Gasteiger charge is 2.47. The molecular weight excluding hydrogens is 580 g/mol. The van der Waals surface area contributed by atoms with Crippen molar-refractivity contribution in [2.75, 3.05) is 18.8 Å². The molecule has 1 aliphatic heterocycles. The fourth-order valence-corrected chi connectivity index (χ4v) is 7.99. The zero-order chi connectivity index (χ0) is 32.9. The number of hydrogen-bond donors (Lipinski definition) is 4. The monoisotopic (exact) mass is 634 g/mol. The van der Waals surface area contributed by atoms with E-state index >= 15 is 0 Å². The highest BCUT2D eigenvalue weighted by Crippen LogP contribution is 2.39. The minimum Gasteiger partial charge on any atom is -0.390 e. The predicted molar refractivity (Wildman–Crippen MR) is 173 cm³/mol. The molecule has 0 bridgehead atoms. The van der Waals surface area contributed by atoms with Crippen molar-refractivity contribution in [3.05, 3.63) is 35.9 Å². The van der Waals surface area contributed by atoms with Crippen molar-refractivity contribution in [1.82, 2.24) is 20.9 Å². The van der Waals surface area contributed by atoms with Gasteiger partial charge in [-0.3, -0.25) is 19.3 Å². The van der Waals surface area contributed by atoms with Crippen LogP contribution in [0, 0.1) is 11.8 Å². The van der Waals surface area contributed by atoms with Gasteiger partial charge < -0.3 is 21.1 Å². The Bertz CT molecular complexity index is 1250. The minimum atomic E-state index is -3.76. The molecule has 3 amide bonds. The molecule has 2 unspecified atom stereocenters. The Kier molecular flexibility index (Phi) is 12.0. The fraction of sp³-hybridized carbons (Fsp3) is 0.727. The third kappa shape index (κ3) is 9.26. The van der Waals surface area contributed by atoms with E-state index in [1.807, 2.05) is 51.1 Å². The number of β-amino-alcohol motifs (C(OH)–C–C–N with tert-alkyl or cyclic N) is 1. The van der Waals surface area contributed by atoms with Crippen LogP contribution >= 0.6 is 0 Å². The van der Waals surface area contributed by atoms with Crippen molar-refractivity contribution < 1.29 is 27.9 Å². The van der Waals surface area contributed by atoms with Gasteiger partial charge in [0.25, 0.3) is 0 Å². The molecule has 3 rings (SSSR count). The molecule has 1 aromatic rings. The van der Waals surface area contributed by atoms with E-state index in [1.165, 1.54) is 34.1 Å². The van der Waals surface area contributed by atoms with Crippen LogP contribution in [0.2, 0.25) is 0 Å². The molecule has 2 aliphatic rings. The molecule has 0 aromatic heterocycles. The van der Waals surface area contributed by atoms with E-state index in [0.717, 1.165) is 31.2 Å². The zero-order valence-electron chi connectivity index (χ0n) is 27.6. The number of likely N-dealkylation sites (tertiary alicyclic amines) is 1. The number of aliphatic hydroxyl groups excluding tert-OH is 1. The van der Waals surface area contributed by atoms with Gasteiger partial charge in [-0.2, -0.15) is 0 Å². The molecule has 6 atom stereocenters. The number of benzene rings is 1. The smallest absolute Gasteiger partial charge is 0.244 e. The number of rotatable bonds is 12. The molecule has 1 saturated heterocycles. The van der Waals surface area contributed by atoms with Gasteiger partial charge in [0, 0.05) is 31.3 Å². The molecule has 2 fully saturated rings. The average molecular weight is 635 g/mol. The SMILES string of the molecule is CCS(=O)(=O)C(C)(C)[C@H](NC(C)=O)C(=O)N[C@@H](Cc1ccccc1)[C@H](O)CN1CC2CCCCC2C[C@H]1C(=O)NC(C)(C)C. The lowest BCUT2D eigenvalue weighted by Crippen LogP contribution is -2.64. The number of sulfone groups is 1. The second-order valence-electron chi connectivity index (χ2n) is 14.3. The van der Waals surface area contributed by atoms with Gasteiger partial charge in [0.05, 0.1) is 22.9 Å². The van der Waals surface area contributed by atoms with Crippen LogP contribution in [0.15, 0.2) is 30.3 Å². The third-order valence-corrected chi connectivity index (χ3v) is 11.9. The van der Waals surface area contributed by atoms with Crippen LogP contribution < -0.4 is 16.0 Å². The fourth-order valence-electron chi connectivity index (χ4n) is 6.72. The summed E-state index contributed by atoms with van der Waals surface area (Å²) in [5.74, 6) is -0.568. The largest absolute Gasteiger partial charge is 0.390 e. The summed E-state index contributed by atoms with van der Waals surface area (Å²) in [6, 6.07) is 6.83. The number of piperidine rings is 1. The number of nitrogens with one attached hydrogen (secondary N) is 3. The molecule has 11 heteroatoms. The van der Waals surface area contributed by atoms with Crippen molar-refractivity contribution in [2.45, 2.75) is 122 Å². The Labute approximate surface area is 264 Å². The van der Waals surface area contributed by atoms with Gasteiger partial charge in [0.2, 0.25) is 17.7 Å². The Hall–Kier alpha value is -2.50. The summed E-state index contributed by atoms with van der Waals surface area (Å²) in [7, 11) is -3.76. The number of fused-ring (bicyclic) bond motifs is 1. The number of hydrogen-bond acceptors (Lipinski definition) is 7. The van der Waals surface area contributed by atoms with Gasteiger partial charge >= 0.3 is 0 Å². The van der Waals surface area contributed by atoms with Crippen LogP contribution in [0.25, 0.3) is 0 Å². The van der Waals surface area contributed by atoms with Crippen LogP contribution in [0.5, 0.6) is 0 Å². The number of nitrogens with zero attached hydrogens (tertiary/aromatic N) is 1. The average Bonchev–Trinajstić information content (AvgIpc) is 2.94. The van der Waals surface area contributed by atoms with Gasteiger partial charge in [-0.1, -0.05) is 56.5 Å². The molecule has 1 saturated carbocycles. The number of carbonyl (C=O) groups is 3. The summed E-state index contributed by atoms with van der Waals surface area (Å²) in [6.07, 6.45) is 4.45. The van der Waals surface area contributed by atoms with Crippen molar-refractivity contribution in [1.29, 1.82) is 0 Å². The van der Waals surface area contributed by atoms with Gasteiger partial charge in [-0.15, -0.1) is 0 Å². The van der Waals surface area contributed by atoms with E-state index in [2.05, 4.69) is 20.9 Å². The summed E-state index contributed by atoms with van der Waals surface area (Å²) in [5.41, 5.74) is 0.472. The first-order chi connectivity index (χ1) is 20.4. The Morgan fingerprint density at radius 1 is 1.00 bits per heavy atom. The maximum Gasteiger partial charge on any atom is 0.244 e. The first-order valence-corrected chi connectivity index (χ1v) is 17.7. The Morgan fingerprint density at radius 2 is 1.61 bits per heavy atom. The summed E-state index contributed by atoms with van der Waals surface area (Å²) >= 11 is 0. The number of aliphatic hydroxyl groups is 1. The minimum absolute atomic E-state index is 0.0605. The lowest BCUT2D eigenvalue weighted by atomic mass is 9.72. The van der Waals surface area contributed by atoms with E-state index < -0.39 is 56.2 Å². The number of carbonyl (C=O) groups excluding carboxylic acids is 3. The molecule has 44 heavy (non-hydrogen) atoms. The quantitative estimate of drug-likeness (QED) is 0.277. The molecule has 1 aliphatic carbocycles. The van der Waals surface area contributed by atoms with Crippen molar-refractivity contribution in [3.63, 3.8) is 0 Å². The highest BCUT2D eigenvalue weighted by molar-refractivity contribution is 7.92. The standard InChI is InChI=1S/C33H54N4O6S/c1-8-44(42,43)33(6,7)29(34-22(2)38)31(41)35-26(18-23-14-10-9-11-15-23)28(39)21-37-20-25-17-13-12-16-24(25)19-27(37)30(40)36-32(3,4)5/h9-11,14-15,24-29,39H,8,12-13,16-21H2,1-7H3,(H,34,38)(H,35,41)(H,36,40)/t24?,25?,26-,27-,28+,29+/m0/s1. The van der Waals surface area contributed by atoms with E-state index in [4.69, 9.17) is 0 Å². The molecular formula is C33H54N4O6S. The summed E-state index contributed by atoms with van der Waals surface area (Å²) in [6.45, 7) is 12.3. The second kappa shape index (κ2) is 14.7. The normalized spacial score (nSPS) is 23.5. The molecule has 0 spiro atoms. The first kappa shape index (κ1) is 36.0. The van der Waals surface area contributed by atoms with E-state index in [9.17, 15) is 27.9 Å². The van der Waals surface area contributed by atoms with Gasteiger partial charge in [0.15, 0.2) is 9.84 Å². The van der Waals surface area contributed by atoms with Crippen molar-refractivity contribution in [2.24, 2.45) is 11.8 Å². The first-order valence-electron chi connectivity index (χ1n) is 16.0. The molecule has 4 N–H and O–H groups in total. The lowest BCUT2D eigenvalue weighted by Gasteiger charge is -2.47. The van der Waals surface area contributed by atoms with Crippen LogP contribution in [-0.4, -0.2) is 89.5 Å². The topological polar surface area (TPSA) is 145 Å². The molecule has 10 nitrogen and oxygen atoms in total. The Morgan fingerprint density at radius 3 is 2.18 bits per heavy atom. The van der Waals surface area contributed by atoms with Crippen molar-refractivity contribution in [3.8, 4) is 0 Å². The third-order valence-electron chi connectivity index (χ3n) is 9.30. The van der Waals surface area contributed by atoms with Crippen LogP contribution in [0.4, 0.5) is 0 Å². The summed E-state index contributed by atoms with van der Waals surface area (Å²) < 4.78 is 24.4. The van der Waals surface area contributed by atoms with E-state index in [0.29, 0.717) is 18.4 Å². The zero-order valence-corrected chi connectivity index (χ0v) is 28.4. The van der Waals surface area contributed by atoms with Crippen LogP contribution in [0.3, 0.4) is 0 Å². The van der Waals surface area contributed by atoms with Gasteiger partial charge in [-0.25, -0.2) is 8.42 Å². The van der Waals surface area contributed by atoms with Crippen LogP contribution in [0.1, 0.15) is 86.1 Å². The molecule has 1 heterocycles. The lowest BCUT2D eigenvalue weighted by molar-refractivity contribution is -0.133. The highest BCUT2D eigenvalue weighted by atomic mass is 32.2. The second-order valence-corrected chi connectivity index (χ2v) is 17.1. The summed E-state index contributed by atoms with van der Waals surface area (Å²) in [5, 5.41) is 20.4. The number of amides is 3. The Balaban J connectivity index is 1.91. The van der Waals surface area contributed by atoms with Crippen LogP contribution in [-0.2, 0) is 30.6 Å². The molecule has 0 radical (unpaired) electrons. The van der Waals surface area contributed by atoms with E-state index in [-0.39, 0.29) is 24.6 Å². The molecule has 1 aromatic carbocycles. The maximum atomic E-state index is 13.8. The van der Waals surface area contributed by atoms with E-state index in [1.54, 1.807) is 0 Å². The predicted octanol–water partition coefficient (Wildman–Crippen LogP) is 2.59. The molecule has 248 valence electrons.